The number of benzene rings is 1. The van der Waals surface area contributed by atoms with E-state index in [1.165, 1.54) is 19.2 Å². The van der Waals surface area contributed by atoms with Crippen molar-refractivity contribution in [1.29, 1.82) is 0 Å². The maximum atomic E-state index is 13.2. The summed E-state index contributed by atoms with van der Waals surface area (Å²) in [6.07, 6.45) is 0. The van der Waals surface area contributed by atoms with Gasteiger partial charge in [0, 0.05) is 0 Å². The second-order valence-corrected chi connectivity index (χ2v) is 3.43. The highest BCUT2D eigenvalue weighted by Gasteiger charge is 2.22. The lowest BCUT2D eigenvalue weighted by atomic mass is 10.3. The number of hydrogen-bond donors (Lipinski definition) is 2. The molecule has 0 saturated carbocycles. The van der Waals surface area contributed by atoms with Crippen LogP contribution in [0.3, 0.4) is 0 Å². The number of amides is 2. The first-order valence-corrected chi connectivity index (χ1v) is 4.64. The molecule has 2 N–H and O–H groups in total. The second-order valence-electron chi connectivity index (χ2n) is 2.61. The van der Waals surface area contributed by atoms with Crippen molar-refractivity contribution < 1.29 is 13.9 Å². The maximum absolute atomic E-state index is 13.2. The summed E-state index contributed by atoms with van der Waals surface area (Å²) in [5, 5.41) is 2.48. The standard InChI is InChI=1S/C8H7FN2O2S/c1-13-5-3-2-4(9)7-6(5)10-8(12)11-14-7/h2-3H,1H3,(H2,10,11,12). The molecule has 0 fully saturated rings. The van der Waals surface area contributed by atoms with Crippen molar-refractivity contribution in [1.82, 2.24) is 4.72 Å². The van der Waals surface area contributed by atoms with Crippen LogP contribution in [0.25, 0.3) is 0 Å². The highest BCUT2D eigenvalue weighted by molar-refractivity contribution is 7.98. The Morgan fingerprint density at radius 3 is 3.00 bits per heavy atom. The molecule has 0 saturated heterocycles. The Hall–Kier alpha value is -1.43. The molecule has 1 aliphatic rings. The minimum Gasteiger partial charge on any atom is -0.495 e. The summed E-state index contributed by atoms with van der Waals surface area (Å²) >= 11 is 0.936. The van der Waals surface area contributed by atoms with Gasteiger partial charge in [0.25, 0.3) is 0 Å². The zero-order chi connectivity index (χ0) is 10.1. The smallest absolute Gasteiger partial charge is 0.329 e. The van der Waals surface area contributed by atoms with Gasteiger partial charge < -0.3 is 10.1 Å². The molecule has 0 radical (unpaired) electrons. The molecule has 1 aromatic rings. The quantitative estimate of drug-likeness (QED) is 0.703. The van der Waals surface area contributed by atoms with Crippen molar-refractivity contribution in [3.05, 3.63) is 17.9 Å². The summed E-state index contributed by atoms with van der Waals surface area (Å²) in [6, 6.07) is 2.39. The molecular weight excluding hydrogens is 207 g/mol. The summed E-state index contributed by atoms with van der Waals surface area (Å²) in [6.45, 7) is 0. The van der Waals surface area contributed by atoms with E-state index in [1.54, 1.807) is 0 Å². The molecule has 2 rings (SSSR count). The number of halogens is 1. The van der Waals surface area contributed by atoms with Gasteiger partial charge in [-0.05, 0) is 24.1 Å². The molecule has 2 amide bonds. The number of anilines is 1. The fourth-order valence-electron chi connectivity index (χ4n) is 1.16. The van der Waals surface area contributed by atoms with Gasteiger partial charge in [-0.3, -0.25) is 4.72 Å². The molecule has 4 nitrogen and oxygen atoms in total. The second kappa shape index (κ2) is 3.38. The van der Waals surface area contributed by atoms with E-state index in [1.807, 2.05) is 0 Å². The van der Waals surface area contributed by atoms with Crippen LogP contribution < -0.4 is 14.8 Å². The first-order valence-electron chi connectivity index (χ1n) is 3.82. The van der Waals surface area contributed by atoms with Crippen LogP contribution in [0, 0.1) is 5.82 Å². The van der Waals surface area contributed by atoms with E-state index in [4.69, 9.17) is 4.74 Å². The number of rotatable bonds is 1. The van der Waals surface area contributed by atoms with Crippen LogP contribution in [-0.2, 0) is 0 Å². The molecule has 0 bridgehead atoms. The van der Waals surface area contributed by atoms with Gasteiger partial charge in [-0.15, -0.1) is 0 Å². The lowest BCUT2D eigenvalue weighted by Gasteiger charge is -2.19. The number of carbonyl (C=O) groups is 1. The van der Waals surface area contributed by atoms with E-state index in [-0.39, 0.29) is 6.03 Å². The van der Waals surface area contributed by atoms with Crippen molar-refractivity contribution in [3.63, 3.8) is 0 Å². The van der Waals surface area contributed by atoms with Crippen molar-refractivity contribution in [2.24, 2.45) is 0 Å². The molecule has 1 heterocycles. The zero-order valence-electron chi connectivity index (χ0n) is 7.26. The van der Waals surface area contributed by atoms with Crippen LogP contribution in [-0.4, -0.2) is 13.1 Å². The third kappa shape index (κ3) is 1.37. The van der Waals surface area contributed by atoms with Gasteiger partial charge in [0.05, 0.1) is 12.0 Å². The molecule has 0 spiro atoms. The van der Waals surface area contributed by atoms with Crippen molar-refractivity contribution in [2.75, 3.05) is 12.4 Å². The third-order valence-electron chi connectivity index (χ3n) is 1.78. The Bertz CT molecular complexity index is 397. The molecule has 14 heavy (non-hydrogen) atoms. The molecule has 1 aliphatic heterocycles. The summed E-state index contributed by atoms with van der Waals surface area (Å²) in [7, 11) is 1.46. The van der Waals surface area contributed by atoms with Crippen LogP contribution in [0.5, 0.6) is 5.75 Å². The topological polar surface area (TPSA) is 50.4 Å². The molecule has 0 aliphatic carbocycles. The first kappa shape index (κ1) is 9.14. The van der Waals surface area contributed by atoms with Gasteiger partial charge in [0.2, 0.25) is 0 Å². The number of ether oxygens (including phenoxy) is 1. The van der Waals surface area contributed by atoms with Crippen LogP contribution in [0.1, 0.15) is 0 Å². The van der Waals surface area contributed by atoms with Crippen molar-refractivity contribution in [2.45, 2.75) is 4.90 Å². The fraction of sp³-hybridized carbons (Fsp3) is 0.125. The molecule has 0 unspecified atom stereocenters. The van der Waals surface area contributed by atoms with Gasteiger partial charge in [0.1, 0.15) is 17.3 Å². The van der Waals surface area contributed by atoms with E-state index < -0.39 is 5.82 Å². The van der Waals surface area contributed by atoms with Crippen molar-refractivity contribution >= 4 is 23.7 Å². The summed E-state index contributed by atoms with van der Waals surface area (Å²) in [5.41, 5.74) is 0.376. The average molecular weight is 214 g/mol. The predicted octanol–water partition coefficient (Wildman–Crippen LogP) is 1.98. The Labute approximate surface area is 84.0 Å². The molecular formula is C8H7FN2O2S. The summed E-state index contributed by atoms with van der Waals surface area (Å²) in [4.78, 5) is 11.3. The Morgan fingerprint density at radius 2 is 2.29 bits per heavy atom. The zero-order valence-corrected chi connectivity index (χ0v) is 8.07. The third-order valence-corrected chi connectivity index (χ3v) is 2.67. The van der Waals surface area contributed by atoms with Crippen LogP contribution >= 0.6 is 11.9 Å². The van der Waals surface area contributed by atoms with E-state index >= 15 is 0 Å². The minimum atomic E-state index is -0.390. The van der Waals surface area contributed by atoms with Gasteiger partial charge in [-0.1, -0.05) is 0 Å². The van der Waals surface area contributed by atoms with Gasteiger partial charge in [-0.2, -0.15) is 0 Å². The number of nitrogens with one attached hydrogen (secondary N) is 2. The van der Waals surface area contributed by atoms with E-state index in [0.29, 0.717) is 16.3 Å². The van der Waals surface area contributed by atoms with Crippen LogP contribution in [0.4, 0.5) is 14.9 Å². The van der Waals surface area contributed by atoms with Gasteiger partial charge in [0.15, 0.2) is 0 Å². The Balaban J connectivity index is 2.54. The molecule has 0 aromatic heterocycles. The van der Waals surface area contributed by atoms with Crippen LogP contribution in [0.2, 0.25) is 0 Å². The molecule has 74 valence electrons. The largest absolute Gasteiger partial charge is 0.495 e. The maximum Gasteiger partial charge on any atom is 0.329 e. The Kier molecular flexibility index (Phi) is 2.20. The average Bonchev–Trinajstić information content (AvgIpc) is 2.18. The fourth-order valence-corrected chi connectivity index (χ4v) is 1.83. The minimum absolute atomic E-state index is 0.337. The Morgan fingerprint density at radius 1 is 1.50 bits per heavy atom. The predicted molar refractivity (Wildman–Crippen MR) is 51.0 cm³/mol. The highest BCUT2D eigenvalue weighted by Crippen LogP contribution is 2.38. The summed E-state index contributed by atoms with van der Waals surface area (Å²) in [5.74, 6) is 0.0575. The number of hydrogen-bond acceptors (Lipinski definition) is 3. The first-order chi connectivity index (χ1) is 6.72. The normalized spacial score (nSPS) is 14.0. The van der Waals surface area contributed by atoms with E-state index in [2.05, 4.69) is 10.0 Å². The monoisotopic (exact) mass is 214 g/mol. The van der Waals surface area contributed by atoms with Crippen LogP contribution in [0.15, 0.2) is 17.0 Å². The molecule has 6 heteroatoms. The summed E-state index contributed by atoms with van der Waals surface area (Å²) < 4.78 is 20.6. The lowest BCUT2D eigenvalue weighted by Crippen LogP contribution is -2.27. The number of urea groups is 1. The van der Waals surface area contributed by atoms with Crippen molar-refractivity contribution in [3.8, 4) is 5.75 Å². The van der Waals surface area contributed by atoms with E-state index in [9.17, 15) is 9.18 Å². The number of methoxy groups -OCH3 is 1. The highest BCUT2D eigenvalue weighted by atomic mass is 32.2. The van der Waals surface area contributed by atoms with Gasteiger partial charge in [-0.25, -0.2) is 9.18 Å². The van der Waals surface area contributed by atoms with E-state index in [0.717, 1.165) is 11.9 Å². The number of carbonyl (C=O) groups excluding carboxylic acids is 1. The SMILES string of the molecule is COc1ccc(F)c2c1NC(=O)NS2. The lowest BCUT2D eigenvalue weighted by molar-refractivity contribution is 0.256. The molecule has 1 aromatic carbocycles. The molecule has 0 atom stereocenters. The van der Waals surface area contributed by atoms with Gasteiger partial charge >= 0.3 is 6.03 Å². The number of fused-ring (bicyclic) bond motifs is 1.